The molecule has 0 radical (unpaired) electrons. The molecule has 7 nitrogen and oxygen atoms in total. The Morgan fingerprint density at radius 2 is 1.96 bits per heavy atom. The SMILES string of the molecule is CC[C@H](C)[C@@H](NC(=O)Cc1csc(-c2ccc(OC)c(OC)c2)n1)C(=O)O. The van der Waals surface area contributed by atoms with Crippen LogP contribution >= 0.6 is 11.3 Å². The highest BCUT2D eigenvalue weighted by Gasteiger charge is 2.25. The molecule has 2 aromatic rings. The van der Waals surface area contributed by atoms with Crippen molar-refractivity contribution >= 4 is 23.2 Å². The maximum absolute atomic E-state index is 12.2. The standard InChI is InChI=1S/C19H24N2O5S/c1-5-11(2)17(19(23)24)21-16(22)9-13-10-27-18(20-13)12-6-7-14(25-3)15(8-12)26-4/h6-8,10-11,17H,5,9H2,1-4H3,(H,21,22)(H,23,24)/t11-,17+/m0/s1. The molecule has 146 valence electrons. The van der Waals surface area contributed by atoms with Crippen LogP contribution in [0.1, 0.15) is 26.0 Å². The van der Waals surface area contributed by atoms with Crippen LogP contribution in [0.2, 0.25) is 0 Å². The lowest BCUT2D eigenvalue weighted by molar-refractivity contribution is -0.143. The Bertz CT molecular complexity index is 805. The van der Waals surface area contributed by atoms with Crippen LogP contribution in [0.4, 0.5) is 0 Å². The molecular weight excluding hydrogens is 368 g/mol. The second kappa shape index (κ2) is 9.36. The Labute approximate surface area is 162 Å². The van der Waals surface area contributed by atoms with E-state index in [2.05, 4.69) is 10.3 Å². The highest BCUT2D eigenvalue weighted by molar-refractivity contribution is 7.13. The molecule has 0 aliphatic rings. The number of hydrogen-bond acceptors (Lipinski definition) is 6. The largest absolute Gasteiger partial charge is 0.493 e. The summed E-state index contributed by atoms with van der Waals surface area (Å²) in [7, 11) is 3.14. The van der Waals surface area contributed by atoms with Crippen molar-refractivity contribution in [1.82, 2.24) is 10.3 Å². The van der Waals surface area contributed by atoms with E-state index < -0.39 is 12.0 Å². The lowest BCUT2D eigenvalue weighted by Gasteiger charge is -2.19. The number of carbonyl (C=O) groups is 2. The van der Waals surface area contributed by atoms with Crippen molar-refractivity contribution in [3.8, 4) is 22.1 Å². The number of rotatable bonds is 9. The minimum absolute atomic E-state index is 0.0317. The van der Waals surface area contributed by atoms with Crippen molar-refractivity contribution in [1.29, 1.82) is 0 Å². The third-order valence-electron chi connectivity index (χ3n) is 4.32. The van der Waals surface area contributed by atoms with Gasteiger partial charge >= 0.3 is 5.97 Å². The molecule has 0 aliphatic carbocycles. The van der Waals surface area contributed by atoms with Crippen molar-refractivity contribution in [3.63, 3.8) is 0 Å². The Kier molecular flexibility index (Phi) is 7.18. The number of hydrogen-bond donors (Lipinski definition) is 2. The Hall–Kier alpha value is -2.61. The number of methoxy groups -OCH3 is 2. The van der Waals surface area contributed by atoms with Crippen molar-refractivity contribution in [2.75, 3.05) is 14.2 Å². The average Bonchev–Trinajstić information content (AvgIpc) is 3.12. The summed E-state index contributed by atoms with van der Waals surface area (Å²) in [6, 6.07) is 4.59. The van der Waals surface area contributed by atoms with Crippen LogP contribution in [0.25, 0.3) is 10.6 Å². The van der Waals surface area contributed by atoms with Gasteiger partial charge in [-0.3, -0.25) is 4.79 Å². The topological polar surface area (TPSA) is 97.8 Å². The summed E-state index contributed by atoms with van der Waals surface area (Å²) in [4.78, 5) is 28.1. The highest BCUT2D eigenvalue weighted by atomic mass is 32.1. The zero-order valence-electron chi connectivity index (χ0n) is 15.8. The zero-order chi connectivity index (χ0) is 20.0. The average molecular weight is 392 g/mol. The highest BCUT2D eigenvalue weighted by Crippen LogP contribution is 2.33. The zero-order valence-corrected chi connectivity index (χ0v) is 16.6. The molecule has 8 heteroatoms. The van der Waals surface area contributed by atoms with Crippen LogP contribution in [0.5, 0.6) is 11.5 Å². The molecule has 1 aromatic carbocycles. The number of aliphatic carboxylic acids is 1. The molecular formula is C19H24N2O5S. The number of carboxylic acids is 1. The van der Waals surface area contributed by atoms with Crippen LogP contribution in [-0.4, -0.2) is 42.2 Å². The number of nitrogens with one attached hydrogen (secondary N) is 1. The third-order valence-corrected chi connectivity index (χ3v) is 5.26. The van der Waals surface area contributed by atoms with E-state index in [9.17, 15) is 14.7 Å². The van der Waals surface area contributed by atoms with Crippen LogP contribution < -0.4 is 14.8 Å². The molecule has 2 rings (SSSR count). The summed E-state index contributed by atoms with van der Waals surface area (Å²) < 4.78 is 10.5. The fourth-order valence-electron chi connectivity index (χ4n) is 2.56. The van der Waals surface area contributed by atoms with E-state index in [0.29, 0.717) is 23.6 Å². The van der Waals surface area contributed by atoms with E-state index in [1.54, 1.807) is 32.6 Å². The van der Waals surface area contributed by atoms with Gasteiger partial charge in [0.15, 0.2) is 11.5 Å². The smallest absolute Gasteiger partial charge is 0.326 e. The molecule has 2 N–H and O–H groups in total. The summed E-state index contributed by atoms with van der Waals surface area (Å²) in [6.07, 6.45) is 0.696. The van der Waals surface area contributed by atoms with Gasteiger partial charge in [0.1, 0.15) is 11.0 Å². The van der Waals surface area contributed by atoms with Crippen LogP contribution in [0.3, 0.4) is 0 Å². The van der Waals surface area contributed by atoms with Gasteiger partial charge in [-0.15, -0.1) is 11.3 Å². The van der Waals surface area contributed by atoms with Gasteiger partial charge in [-0.05, 0) is 24.1 Å². The molecule has 27 heavy (non-hydrogen) atoms. The van der Waals surface area contributed by atoms with Crippen LogP contribution in [0.15, 0.2) is 23.6 Å². The van der Waals surface area contributed by atoms with Crippen molar-refractivity contribution in [2.45, 2.75) is 32.7 Å². The number of aromatic nitrogens is 1. The summed E-state index contributed by atoms with van der Waals surface area (Å²) in [5, 5.41) is 14.4. The summed E-state index contributed by atoms with van der Waals surface area (Å²) in [5.41, 5.74) is 1.45. The number of carboxylic acid groups (broad SMARTS) is 1. The number of benzene rings is 1. The number of amides is 1. The van der Waals surface area contributed by atoms with Crippen LogP contribution in [0, 0.1) is 5.92 Å². The van der Waals surface area contributed by atoms with Gasteiger partial charge in [-0.2, -0.15) is 0 Å². The fraction of sp³-hybridized carbons (Fsp3) is 0.421. The number of nitrogens with zero attached hydrogens (tertiary/aromatic N) is 1. The maximum Gasteiger partial charge on any atom is 0.326 e. The van der Waals surface area contributed by atoms with Gasteiger partial charge < -0.3 is 19.9 Å². The molecule has 0 saturated carbocycles. The van der Waals surface area contributed by atoms with E-state index in [1.165, 1.54) is 11.3 Å². The third kappa shape index (κ3) is 5.19. The minimum atomic E-state index is -1.03. The number of thiazole rings is 1. The Balaban J connectivity index is 2.09. The Morgan fingerprint density at radius 3 is 2.56 bits per heavy atom. The van der Waals surface area contributed by atoms with Gasteiger partial charge in [0.2, 0.25) is 5.91 Å². The molecule has 0 unspecified atom stereocenters. The minimum Gasteiger partial charge on any atom is -0.493 e. The van der Waals surface area contributed by atoms with Crippen molar-refractivity contribution in [2.24, 2.45) is 5.92 Å². The van der Waals surface area contributed by atoms with Crippen molar-refractivity contribution in [3.05, 3.63) is 29.3 Å². The first-order chi connectivity index (χ1) is 12.9. The molecule has 1 amide bonds. The van der Waals surface area contributed by atoms with Crippen molar-refractivity contribution < 1.29 is 24.2 Å². The molecule has 0 spiro atoms. The monoisotopic (exact) mass is 392 g/mol. The second-order valence-electron chi connectivity index (χ2n) is 6.16. The lowest BCUT2D eigenvalue weighted by atomic mass is 9.99. The predicted molar refractivity (Wildman–Crippen MR) is 103 cm³/mol. The number of carbonyl (C=O) groups excluding carboxylic acids is 1. The summed E-state index contributed by atoms with van der Waals surface area (Å²) in [5.74, 6) is -0.303. The first kappa shape index (κ1) is 20.7. The van der Waals surface area contributed by atoms with E-state index in [1.807, 2.05) is 19.1 Å². The predicted octanol–water partition coefficient (Wildman–Crippen LogP) is 2.99. The molecule has 0 fully saturated rings. The molecule has 2 atom stereocenters. The van der Waals surface area contributed by atoms with Gasteiger partial charge in [0.05, 0.1) is 26.3 Å². The second-order valence-corrected chi connectivity index (χ2v) is 7.02. The normalized spacial score (nSPS) is 12.9. The van der Waals surface area contributed by atoms with Gasteiger partial charge in [0.25, 0.3) is 0 Å². The quantitative estimate of drug-likeness (QED) is 0.681. The Morgan fingerprint density at radius 1 is 1.26 bits per heavy atom. The molecule has 1 heterocycles. The van der Waals surface area contributed by atoms with Gasteiger partial charge in [-0.25, -0.2) is 9.78 Å². The number of ether oxygens (including phenoxy) is 2. The lowest BCUT2D eigenvalue weighted by Crippen LogP contribution is -2.45. The van der Waals surface area contributed by atoms with Crippen LogP contribution in [-0.2, 0) is 16.0 Å². The molecule has 0 saturated heterocycles. The van der Waals surface area contributed by atoms with E-state index in [0.717, 1.165) is 10.6 Å². The van der Waals surface area contributed by atoms with E-state index in [-0.39, 0.29) is 18.2 Å². The molecule has 0 aliphatic heterocycles. The van der Waals surface area contributed by atoms with E-state index >= 15 is 0 Å². The molecule has 1 aromatic heterocycles. The summed E-state index contributed by atoms with van der Waals surface area (Å²) in [6.45, 7) is 3.69. The maximum atomic E-state index is 12.2. The van der Waals surface area contributed by atoms with Gasteiger partial charge in [0, 0.05) is 10.9 Å². The first-order valence-corrected chi connectivity index (χ1v) is 9.46. The van der Waals surface area contributed by atoms with E-state index in [4.69, 9.17) is 9.47 Å². The fourth-order valence-corrected chi connectivity index (χ4v) is 3.38. The first-order valence-electron chi connectivity index (χ1n) is 8.58. The summed E-state index contributed by atoms with van der Waals surface area (Å²) >= 11 is 1.41. The molecule has 0 bridgehead atoms. The van der Waals surface area contributed by atoms with Gasteiger partial charge in [-0.1, -0.05) is 20.3 Å².